The van der Waals surface area contributed by atoms with Gasteiger partial charge in [-0.25, -0.2) is 0 Å². The van der Waals surface area contributed by atoms with Gasteiger partial charge in [-0.15, -0.1) is 4.37 Å². The van der Waals surface area contributed by atoms with Gasteiger partial charge < -0.3 is 15.4 Å². The van der Waals surface area contributed by atoms with Crippen molar-refractivity contribution in [2.45, 2.75) is 19.3 Å². The third kappa shape index (κ3) is 3.51. The fourth-order valence-corrected chi connectivity index (χ4v) is 2.48. The average molecular weight is 268 g/mol. The van der Waals surface area contributed by atoms with Crippen LogP contribution in [0.15, 0.2) is 6.08 Å². The fourth-order valence-electron chi connectivity index (χ4n) is 1.95. The van der Waals surface area contributed by atoms with E-state index in [4.69, 9.17) is 10.5 Å². The Kier molecular flexibility index (Phi) is 5.10. The standard InChI is InChI=1S/C12H20N4OS/c1-16-7-4-5-10(9-16)11-12(15-18-14-11)17-8-3-2-6-13/h5H,2-4,6-9,13H2,1H3. The average Bonchev–Trinajstić information content (AvgIpc) is 2.83. The number of rotatable bonds is 6. The Labute approximate surface area is 112 Å². The maximum atomic E-state index is 5.69. The maximum absolute atomic E-state index is 5.69. The number of ether oxygens (including phenoxy) is 1. The third-order valence-corrected chi connectivity index (χ3v) is 3.45. The zero-order valence-electron chi connectivity index (χ0n) is 10.8. The minimum absolute atomic E-state index is 0.665. The molecule has 18 heavy (non-hydrogen) atoms. The van der Waals surface area contributed by atoms with Gasteiger partial charge >= 0.3 is 0 Å². The Morgan fingerprint density at radius 2 is 2.33 bits per heavy atom. The molecule has 0 radical (unpaired) electrons. The molecule has 2 rings (SSSR count). The van der Waals surface area contributed by atoms with Crippen LogP contribution in [-0.4, -0.2) is 46.9 Å². The molecule has 0 unspecified atom stereocenters. The fraction of sp³-hybridized carbons (Fsp3) is 0.667. The zero-order chi connectivity index (χ0) is 12.8. The molecular weight excluding hydrogens is 248 g/mol. The van der Waals surface area contributed by atoms with Gasteiger partial charge in [0.2, 0.25) is 0 Å². The second-order valence-electron chi connectivity index (χ2n) is 4.52. The molecule has 2 N–H and O–H groups in total. The summed E-state index contributed by atoms with van der Waals surface area (Å²) in [7, 11) is 2.12. The normalized spacial score (nSPS) is 16.7. The van der Waals surface area contributed by atoms with Gasteiger partial charge in [0.1, 0.15) is 5.69 Å². The van der Waals surface area contributed by atoms with E-state index in [1.165, 1.54) is 17.3 Å². The molecular formula is C12H20N4OS. The highest BCUT2D eigenvalue weighted by Gasteiger charge is 2.18. The second-order valence-corrected chi connectivity index (χ2v) is 5.05. The van der Waals surface area contributed by atoms with Crippen molar-refractivity contribution in [3.63, 3.8) is 0 Å². The van der Waals surface area contributed by atoms with Crippen LogP contribution >= 0.6 is 11.7 Å². The van der Waals surface area contributed by atoms with Crippen molar-refractivity contribution in [3.05, 3.63) is 11.8 Å². The smallest absolute Gasteiger partial charge is 0.253 e. The first-order valence-electron chi connectivity index (χ1n) is 6.34. The van der Waals surface area contributed by atoms with Gasteiger partial charge in [0.25, 0.3) is 5.88 Å². The SMILES string of the molecule is CN1CCC=C(c2nsnc2OCCCCN)C1. The van der Waals surface area contributed by atoms with Crippen molar-refractivity contribution in [2.75, 3.05) is 33.3 Å². The number of unbranched alkanes of at least 4 members (excludes halogenated alkanes) is 1. The monoisotopic (exact) mass is 268 g/mol. The topological polar surface area (TPSA) is 64.3 Å². The maximum Gasteiger partial charge on any atom is 0.253 e. The number of likely N-dealkylation sites (N-methyl/N-ethyl adjacent to an activating group) is 1. The van der Waals surface area contributed by atoms with Crippen molar-refractivity contribution in [3.8, 4) is 5.88 Å². The zero-order valence-corrected chi connectivity index (χ0v) is 11.6. The minimum atomic E-state index is 0.665. The molecule has 5 nitrogen and oxygen atoms in total. The lowest BCUT2D eigenvalue weighted by molar-refractivity contribution is 0.297. The summed E-state index contributed by atoms with van der Waals surface area (Å²) >= 11 is 1.22. The lowest BCUT2D eigenvalue weighted by Gasteiger charge is -2.22. The van der Waals surface area contributed by atoms with Crippen LogP contribution in [0.4, 0.5) is 0 Å². The Balaban J connectivity index is 1.96. The Morgan fingerprint density at radius 1 is 1.44 bits per heavy atom. The Hall–Kier alpha value is -0.980. The summed E-state index contributed by atoms with van der Waals surface area (Å²) in [4.78, 5) is 2.28. The summed E-state index contributed by atoms with van der Waals surface area (Å²) in [6.07, 6.45) is 5.25. The molecule has 2 heterocycles. The van der Waals surface area contributed by atoms with E-state index < -0.39 is 0 Å². The molecule has 0 fully saturated rings. The molecule has 0 saturated carbocycles. The molecule has 6 heteroatoms. The third-order valence-electron chi connectivity index (χ3n) is 2.94. The van der Waals surface area contributed by atoms with Crippen molar-refractivity contribution in [2.24, 2.45) is 5.73 Å². The molecule has 1 aliphatic rings. The van der Waals surface area contributed by atoms with E-state index in [-0.39, 0.29) is 0 Å². The van der Waals surface area contributed by atoms with Gasteiger partial charge in [-0.1, -0.05) is 6.08 Å². The first-order chi connectivity index (χ1) is 8.81. The van der Waals surface area contributed by atoms with Crippen LogP contribution in [0, 0.1) is 0 Å². The van der Waals surface area contributed by atoms with E-state index in [0.717, 1.165) is 38.0 Å². The van der Waals surface area contributed by atoms with E-state index in [9.17, 15) is 0 Å². The predicted molar refractivity (Wildman–Crippen MR) is 73.8 cm³/mol. The van der Waals surface area contributed by atoms with Crippen molar-refractivity contribution >= 4 is 17.3 Å². The number of hydrogen-bond donors (Lipinski definition) is 1. The van der Waals surface area contributed by atoms with Crippen LogP contribution < -0.4 is 10.5 Å². The summed E-state index contributed by atoms with van der Waals surface area (Å²) < 4.78 is 14.3. The summed E-state index contributed by atoms with van der Waals surface area (Å²) in [5.74, 6) is 0.679. The molecule has 100 valence electrons. The molecule has 0 aromatic carbocycles. The van der Waals surface area contributed by atoms with Crippen molar-refractivity contribution in [1.29, 1.82) is 0 Å². The molecule has 0 amide bonds. The number of nitrogens with two attached hydrogens (primary N) is 1. The number of nitrogens with zero attached hydrogens (tertiary/aromatic N) is 3. The lowest BCUT2D eigenvalue weighted by atomic mass is 10.1. The van der Waals surface area contributed by atoms with Crippen LogP contribution in [-0.2, 0) is 0 Å². The van der Waals surface area contributed by atoms with Crippen LogP contribution in [0.3, 0.4) is 0 Å². The number of hydrogen-bond acceptors (Lipinski definition) is 6. The summed E-state index contributed by atoms with van der Waals surface area (Å²) in [6.45, 7) is 3.40. The van der Waals surface area contributed by atoms with Gasteiger partial charge in [-0.05, 0) is 38.4 Å². The highest BCUT2D eigenvalue weighted by Crippen LogP contribution is 2.26. The highest BCUT2D eigenvalue weighted by molar-refractivity contribution is 6.99. The lowest BCUT2D eigenvalue weighted by Crippen LogP contribution is -2.25. The molecule has 0 spiro atoms. The van der Waals surface area contributed by atoms with Crippen LogP contribution in [0.5, 0.6) is 5.88 Å². The van der Waals surface area contributed by atoms with Gasteiger partial charge in [0.15, 0.2) is 0 Å². The van der Waals surface area contributed by atoms with Crippen molar-refractivity contribution in [1.82, 2.24) is 13.6 Å². The largest absolute Gasteiger partial charge is 0.475 e. The second kappa shape index (κ2) is 6.82. The van der Waals surface area contributed by atoms with Crippen LogP contribution in [0.1, 0.15) is 25.0 Å². The molecule has 1 aromatic rings. The molecule has 1 aliphatic heterocycles. The Morgan fingerprint density at radius 3 is 3.11 bits per heavy atom. The van der Waals surface area contributed by atoms with Crippen molar-refractivity contribution < 1.29 is 4.74 Å². The molecule has 1 aromatic heterocycles. The number of aromatic nitrogens is 2. The quantitative estimate of drug-likeness (QED) is 0.790. The Bertz CT molecular complexity index is 405. The van der Waals surface area contributed by atoms with Gasteiger partial charge in [-0.2, -0.15) is 4.37 Å². The molecule has 0 bridgehead atoms. The summed E-state index contributed by atoms with van der Waals surface area (Å²) in [5.41, 5.74) is 7.60. The first-order valence-corrected chi connectivity index (χ1v) is 7.07. The van der Waals surface area contributed by atoms with E-state index in [1.54, 1.807) is 0 Å². The van der Waals surface area contributed by atoms with E-state index in [0.29, 0.717) is 19.0 Å². The molecule has 0 aliphatic carbocycles. The predicted octanol–water partition coefficient (Wildman–Crippen LogP) is 1.37. The van der Waals surface area contributed by atoms with Gasteiger partial charge in [-0.3, -0.25) is 0 Å². The van der Waals surface area contributed by atoms with E-state index >= 15 is 0 Å². The van der Waals surface area contributed by atoms with Gasteiger partial charge in [0.05, 0.1) is 18.3 Å². The van der Waals surface area contributed by atoms with Crippen LogP contribution in [0.25, 0.3) is 5.57 Å². The minimum Gasteiger partial charge on any atom is -0.475 e. The van der Waals surface area contributed by atoms with E-state index in [2.05, 4.69) is 26.8 Å². The summed E-state index contributed by atoms with van der Waals surface area (Å²) in [5, 5.41) is 0. The first kappa shape index (κ1) is 13.5. The summed E-state index contributed by atoms with van der Waals surface area (Å²) in [6, 6.07) is 0. The highest BCUT2D eigenvalue weighted by atomic mass is 32.1. The van der Waals surface area contributed by atoms with E-state index in [1.807, 2.05) is 0 Å². The van der Waals surface area contributed by atoms with Gasteiger partial charge in [0, 0.05) is 13.1 Å². The molecule has 0 saturated heterocycles. The van der Waals surface area contributed by atoms with Crippen LogP contribution in [0.2, 0.25) is 0 Å². The molecule has 0 atom stereocenters.